The average Bonchev–Trinajstić information content (AvgIpc) is 2.99. The van der Waals surface area contributed by atoms with Gasteiger partial charge in [-0.15, -0.1) is 0 Å². The largest absolute Gasteiger partial charge is 0.496 e. The normalized spacial score (nSPS) is 28.2. The van der Waals surface area contributed by atoms with E-state index in [1.165, 1.54) is 0 Å². The zero-order chi connectivity index (χ0) is 22.3. The number of aryl methyl sites for hydroxylation is 1. The molecule has 0 radical (unpaired) electrons. The Morgan fingerprint density at radius 2 is 1.97 bits per heavy atom. The van der Waals surface area contributed by atoms with E-state index in [1.807, 2.05) is 32.9 Å². The number of esters is 1. The molecule has 1 aromatic carbocycles. The first-order valence-corrected chi connectivity index (χ1v) is 11.1. The molecule has 2 unspecified atom stereocenters. The molecule has 30 heavy (non-hydrogen) atoms. The molecule has 1 saturated carbocycles. The van der Waals surface area contributed by atoms with Gasteiger partial charge in [-0.05, 0) is 76.2 Å². The zero-order valence-electron chi connectivity index (χ0n) is 19.8. The quantitative estimate of drug-likeness (QED) is 0.481. The molecule has 0 bridgehead atoms. The maximum atomic E-state index is 12.6. The third-order valence-corrected chi connectivity index (χ3v) is 6.99. The van der Waals surface area contributed by atoms with Gasteiger partial charge >= 0.3 is 13.1 Å². The Morgan fingerprint density at radius 3 is 2.60 bits per heavy atom. The van der Waals surface area contributed by atoms with Crippen molar-refractivity contribution in [1.29, 1.82) is 0 Å². The highest BCUT2D eigenvalue weighted by molar-refractivity contribution is 6.45. The van der Waals surface area contributed by atoms with Crippen molar-refractivity contribution in [3.63, 3.8) is 0 Å². The van der Waals surface area contributed by atoms with Crippen LogP contribution in [0, 0.1) is 11.3 Å². The third kappa shape index (κ3) is 4.55. The van der Waals surface area contributed by atoms with Crippen LogP contribution in [0.15, 0.2) is 18.2 Å². The Kier molecular flexibility index (Phi) is 6.32. The van der Waals surface area contributed by atoms with Crippen LogP contribution in [0.3, 0.4) is 0 Å². The number of benzene rings is 1. The van der Waals surface area contributed by atoms with Gasteiger partial charge in [0.15, 0.2) is 0 Å². The Labute approximate surface area is 181 Å². The van der Waals surface area contributed by atoms with Crippen molar-refractivity contribution in [2.45, 2.75) is 91.4 Å². The van der Waals surface area contributed by atoms with Gasteiger partial charge in [0.1, 0.15) is 16.9 Å². The minimum absolute atomic E-state index is 0.139. The van der Waals surface area contributed by atoms with Crippen molar-refractivity contribution in [2.75, 3.05) is 7.11 Å². The van der Waals surface area contributed by atoms with Gasteiger partial charge in [-0.3, -0.25) is 0 Å². The van der Waals surface area contributed by atoms with Crippen LogP contribution in [-0.4, -0.2) is 37.5 Å². The SMILES string of the molecule is COc1c(CCB2OC3CCC(C)(C)[C@H](C)C3(C)O2)cccc1C(=O)OC(C)(C)C. The lowest BCUT2D eigenvalue weighted by Crippen LogP contribution is -2.52. The van der Waals surface area contributed by atoms with Crippen molar-refractivity contribution >= 4 is 13.1 Å². The number of carbonyl (C=O) groups excluding carboxylic acids is 1. The summed E-state index contributed by atoms with van der Waals surface area (Å²) < 4.78 is 23.9. The van der Waals surface area contributed by atoms with Gasteiger partial charge in [0.05, 0.1) is 18.8 Å². The summed E-state index contributed by atoms with van der Waals surface area (Å²) in [5.74, 6) is 0.616. The molecule has 1 aromatic rings. The minimum atomic E-state index is -0.556. The number of fused-ring (bicyclic) bond motifs is 1. The summed E-state index contributed by atoms with van der Waals surface area (Å²) in [5.41, 5.74) is 0.846. The van der Waals surface area contributed by atoms with Gasteiger partial charge in [0.2, 0.25) is 0 Å². The number of rotatable bonds is 5. The molecule has 1 aliphatic carbocycles. The topological polar surface area (TPSA) is 54.0 Å². The molecule has 1 aliphatic heterocycles. The molecular formula is C24H37BO5. The Balaban J connectivity index is 1.71. The molecule has 166 valence electrons. The van der Waals surface area contributed by atoms with E-state index in [2.05, 4.69) is 27.7 Å². The highest BCUT2D eigenvalue weighted by Crippen LogP contribution is 2.52. The van der Waals surface area contributed by atoms with Crippen LogP contribution in [-0.2, 0) is 20.5 Å². The number of hydrogen-bond acceptors (Lipinski definition) is 5. The van der Waals surface area contributed by atoms with Crippen LogP contribution >= 0.6 is 0 Å². The Hall–Kier alpha value is -1.53. The second-order valence-electron chi connectivity index (χ2n) is 10.6. The van der Waals surface area contributed by atoms with Crippen molar-refractivity contribution in [3.8, 4) is 5.75 Å². The van der Waals surface area contributed by atoms with Crippen LogP contribution < -0.4 is 4.74 Å². The predicted molar refractivity (Wildman–Crippen MR) is 119 cm³/mol. The molecule has 3 rings (SSSR count). The van der Waals surface area contributed by atoms with Crippen LogP contribution in [0.4, 0.5) is 0 Å². The highest BCUT2D eigenvalue weighted by Gasteiger charge is 2.57. The molecule has 6 heteroatoms. The van der Waals surface area contributed by atoms with E-state index in [0.29, 0.717) is 30.0 Å². The Morgan fingerprint density at radius 1 is 1.27 bits per heavy atom. The Bertz CT molecular complexity index is 784. The lowest BCUT2D eigenvalue weighted by molar-refractivity contribution is -0.0836. The van der Waals surface area contributed by atoms with Crippen molar-refractivity contribution in [2.24, 2.45) is 11.3 Å². The smallest absolute Gasteiger partial charge is 0.457 e. The summed E-state index contributed by atoms with van der Waals surface area (Å²) >= 11 is 0. The second-order valence-corrected chi connectivity index (χ2v) is 10.6. The summed E-state index contributed by atoms with van der Waals surface area (Å²) in [6, 6.07) is 5.61. The summed E-state index contributed by atoms with van der Waals surface area (Å²) in [6.07, 6.45) is 3.73. The fourth-order valence-electron chi connectivity index (χ4n) is 4.85. The number of hydrogen-bond donors (Lipinski definition) is 0. The van der Waals surface area contributed by atoms with Crippen molar-refractivity contribution < 1.29 is 23.6 Å². The van der Waals surface area contributed by atoms with E-state index in [0.717, 1.165) is 18.4 Å². The maximum absolute atomic E-state index is 12.6. The van der Waals surface area contributed by atoms with E-state index in [1.54, 1.807) is 13.2 Å². The first-order chi connectivity index (χ1) is 13.9. The number of ether oxygens (including phenoxy) is 2. The molecule has 5 nitrogen and oxygen atoms in total. The van der Waals surface area contributed by atoms with Crippen LogP contribution in [0.25, 0.3) is 0 Å². The summed E-state index contributed by atoms with van der Waals surface area (Å²) in [4.78, 5) is 12.6. The lowest BCUT2D eigenvalue weighted by Gasteiger charge is -2.49. The second kappa shape index (κ2) is 8.20. The molecule has 0 amide bonds. The van der Waals surface area contributed by atoms with Gasteiger partial charge in [-0.2, -0.15) is 0 Å². The number of methoxy groups -OCH3 is 1. The molecule has 0 aromatic heterocycles. The molecule has 2 fully saturated rings. The van der Waals surface area contributed by atoms with Gasteiger partial charge < -0.3 is 18.8 Å². The number of carbonyl (C=O) groups is 1. The van der Waals surface area contributed by atoms with E-state index in [-0.39, 0.29) is 30.2 Å². The maximum Gasteiger partial charge on any atom is 0.457 e. The summed E-state index contributed by atoms with van der Waals surface area (Å²) in [7, 11) is 1.35. The van der Waals surface area contributed by atoms with E-state index >= 15 is 0 Å². The summed E-state index contributed by atoms with van der Waals surface area (Å²) in [5, 5.41) is 0. The lowest BCUT2D eigenvalue weighted by atomic mass is 9.61. The minimum Gasteiger partial charge on any atom is -0.496 e. The molecule has 1 saturated heterocycles. The molecule has 0 N–H and O–H groups in total. The fraction of sp³-hybridized carbons (Fsp3) is 0.708. The predicted octanol–water partition coefficient (Wildman–Crippen LogP) is 5.31. The molecule has 1 heterocycles. The third-order valence-electron chi connectivity index (χ3n) is 6.99. The van der Waals surface area contributed by atoms with Crippen LogP contribution in [0.1, 0.15) is 77.2 Å². The molecule has 3 atom stereocenters. The summed E-state index contributed by atoms with van der Waals surface area (Å²) in [6.45, 7) is 14.7. The van der Waals surface area contributed by atoms with Crippen LogP contribution in [0.5, 0.6) is 5.75 Å². The van der Waals surface area contributed by atoms with Gasteiger partial charge in [-0.1, -0.05) is 32.9 Å². The van der Waals surface area contributed by atoms with Crippen molar-refractivity contribution in [3.05, 3.63) is 29.3 Å². The molecular weight excluding hydrogens is 379 g/mol. The van der Waals surface area contributed by atoms with Gasteiger partial charge in [0.25, 0.3) is 0 Å². The molecule has 2 aliphatic rings. The van der Waals surface area contributed by atoms with Gasteiger partial charge in [0, 0.05) is 0 Å². The first kappa shape index (κ1) is 23.1. The monoisotopic (exact) mass is 416 g/mol. The van der Waals surface area contributed by atoms with E-state index in [4.69, 9.17) is 18.8 Å². The van der Waals surface area contributed by atoms with Gasteiger partial charge in [-0.25, -0.2) is 4.79 Å². The molecule has 0 spiro atoms. The number of para-hydroxylation sites is 1. The standard InChI is InChI=1S/C24H37BO5/c1-16-23(5,6)14-12-19-24(16,7)30-25(29-19)15-13-17-10-9-11-18(20(17)27-8)21(26)28-22(2,3)4/h9-11,16,19H,12-15H2,1-8H3/t16-,19?,24?/m0/s1. The van der Waals surface area contributed by atoms with Crippen LogP contribution in [0.2, 0.25) is 6.32 Å². The average molecular weight is 416 g/mol. The fourth-order valence-corrected chi connectivity index (χ4v) is 4.85. The van der Waals surface area contributed by atoms with Crippen molar-refractivity contribution in [1.82, 2.24) is 0 Å². The van der Waals surface area contributed by atoms with E-state index in [9.17, 15) is 4.79 Å². The highest BCUT2D eigenvalue weighted by atomic mass is 16.7. The zero-order valence-corrected chi connectivity index (χ0v) is 19.8. The first-order valence-electron chi connectivity index (χ1n) is 11.1. The van der Waals surface area contributed by atoms with E-state index < -0.39 is 5.60 Å².